The van der Waals surface area contributed by atoms with Crippen molar-refractivity contribution in [3.8, 4) is 0 Å². The number of aliphatic hydroxyl groups is 2. The summed E-state index contributed by atoms with van der Waals surface area (Å²) >= 11 is 0. The van der Waals surface area contributed by atoms with Crippen molar-refractivity contribution in [2.75, 3.05) is 13.7 Å². The molecule has 0 spiro atoms. The van der Waals surface area contributed by atoms with Crippen LogP contribution in [0.5, 0.6) is 0 Å². The Hall–Kier alpha value is -2.01. The lowest BCUT2D eigenvalue weighted by Crippen LogP contribution is -2.57. The first-order valence-electron chi connectivity index (χ1n) is 6.60. The standard InChI is InChI=1S/C17H18O4/c1-21-17(16(20,12-18)13-19,14-8-4-2-5-9-14)15-10-6-3-7-11-15/h2-12,19-20H,13H2,1H3. The number of benzene rings is 2. The Bertz CT molecular complexity index is 543. The first-order chi connectivity index (χ1) is 10.1. The molecule has 0 amide bonds. The van der Waals surface area contributed by atoms with E-state index in [1.807, 2.05) is 12.1 Å². The summed E-state index contributed by atoms with van der Waals surface area (Å²) in [4.78, 5) is 11.5. The van der Waals surface area contributed by atoms with Crippen LogP contribution in [-0.2, 0) is 15.1 Å². The summed E-state index contributed by atoms with van der Waals surface area (Å²) in [6.45, 7) is -0.756. The van der Waals surface area contributed by atoms with Crippen LogP contribution in [-0.4, -0.2) is 35.8 Å². The van der Waals surface area contributed by atoms with E-state index in [1.54, 1.807) is 48.5 Å². The van der Waals surface area contributed by atoms with E-state index in [-0.39, 0.29) is 0 Å². The van der Waals surface area contributed by atoms with Crippen LogP contribution < -0.4 is 0 Å². The molecule has 1 atom stereocenters. The fourth-order valence-electron chi connectivity index (χ4n) is 2.66. The topological polar surface area (TPSA) is 66.8 Å². The highest BCUT2D eigenvalue weighted by atomic mass is 16.5. The number of aliphatic hydroxyl groups excluding tert-OH is 1. The zero-order valence-electron chi connectivity index (χ0n) is 11.8. The zero-order chi connectivity index (χ0) is 15.3. The van der Waals surface area contributed by atoms with Crippen molar-refractivity contribution >= 4 is 6.29 Å². The second-order valence-electron chi connectivity index (χ2n) is 4.82. The number of ether oxygens (including phenoxy) is 1. The molecule has 4 heteroatoms. The number of aldehydes is 1. The Morgan fingerprint density at radius 3 is 1.71 bits per heavy atom. The van der Waals surface area contributed by atoms with Gasteiger partial charge in [0.05, 0.1) is 6.61 Å². The van der Waals surface area contributed by atoms with E-state index in [0.29, 0.717) is 17.4 Å². The summed E-state index contributed by atoms with van der Waals surface area (Å²) in [6.07, 6.45) is 0.330. The molecule has 2 aromatic rings. The van der Waals surface area contributed by atoms with Gasteiger partial charge in [-0.05, 0) is 11.1 Å². The Morgan fingerprint density at radius 1 is 1.00 bits per heavy atom. The van der Waals surface area contributed by atoms with Crippen LogP contribution in [0.2, 0.25) is 0 Å². The predicted octanol–water partition coefficient (Wildman–Crippen LogP) is 1.50. The molecule has 0 radical (unpaired) electrons. The number of carbonyl (C=O) groups is 1. The quantitative estimate of drug-likeness (QED) is 0.790. The summed E-state index contributed by atoms with van der Waals surface area (Å²) in [5.41, 5.74) is -2.40. The van der Waals surface area contributed by atoms with Crippen LogP contribution in [0.3, 0.4) is 0 Å². The van der Waals surface area contributed by atoms with E-state index in [2.05, 4.69) is 0 Å². The lowest BCUT2D eigenvalue weighted by Gasteiger charge is -2.42. The molecule has 21 heavy (non-hydrogen) atoms. The van der Waals surface area contributed by atoms with Gasteiger partial charge in [-0.2, -0.15) is 0 Å². The molecule has 0 heterocycles. The third-order valence-electron chi connectivity index (χ3n) is 3.71. The monoisotopic (exact) mass is 286 g/mol. The molecule has 2 rings (SSSR count). The van der Waals surface area contributed by atoms with E-state index < -0.39 is 17.8 Å². The van der Waals surface area contributed by atoms with Gasteiger partial charge in [0, 0.05) is 7.11 Å². The molecule has 0 aliphatic rings. The Balaban J connectivity index is 2.78. The average molecular weight is 286 g/mol. The van der Waals surface area contributed by atoms with Crippen LogP contribution in [0.15, 0.2) is 60.7 Å². The maximum Gasteiger partial charge on any atom is 0.180 e. The molecule has 2 N–H and O–H groups in total. The van der Waals surface area contributed by atoms with Crippen molar-refractivity contribution in [3.05, 3.63) is 71.8 Å². The first-order valence-corrected chi connectivity index (χ1v) is 6.60. The average Bonchev–Trinajstić information content (AvgIpc) is 2.57. The van der Waals surface area contributed by atoms with Gasteiger partial charge in [-0.15, -0.1) is 0 Å². The molecular weight excluding hydrogens is 268 g/mol. The highest BCUT2D eigenvalue weighted by Crippen LogP contribution is 2.41. The molecular formula is C17H18O4. The van der Waals surface area contributed by atoms with Gasteiger partial charge in [-0.3, -0.25) is 4.79 Å². The maximum absolute atomic E-state index is 11.5. The van der Waals surface area contributed by atoms with Gasteiger partial charge in [-0.25, -0.2) is 0 Å². The molecule has 0 bridgehead atoms. The molecule has 110 valence electrons. The molecule has 0 fully saturated rings. The number of hydrogen-bond donors (Lipinski definition) is 2. The molecule has 1 unspecified atom stereocenters. The van der Waals surface area contributed by atoms with Gasteiger partial charge in [-0.1, -0.05) is 60.7 Å². The van der Waals surface area contributed by atoms with Crippen molar-refractivity contribution in [3.63, 3.8) is 0 Å². The van der Waals surface area contributed by atoms with Gasteiger partial charge in [0.15, 0.2) is 17.5 Å². The maximum atomic E-state index is 11.5. The number of hydrogen-bond acceptors (Lipinski definition) is 4. The lowest BCUT2D eigenvalue weighted by atomic mass is 9.73. The summed E-state index contributed by atoms with van der Waals surface area (Å²) in [5.74, 6) is 0. The van der Waals surface area contributed by atoms with E-state index in [9.17, 15) is 15.0 Å². The van der Waals surface area contributed by atoms with Gasteiger partial charge < -0.3 is 14.9 Å². The van der Waals surface area contributed by atoms with Crippen molar-refractivity contribution in [2.24, 2.45) is 0 Å². The highest BCUT2D eigenvalue weighted by molar-refractivity contribution is 5.68. The van der Waals surface area contributed by atoms with E-state index in [1.165, 1.54) is 7.11 Å². The van der Waals surface area contributed by atoms with Gasteiger partial charge in [0.2, 0.25) is 0 Å². The van der Waals surface area contributed by atoms with Crippen molar-refractivity contribution in [1.29, 1.82) is 0 Å². The lowest BCUT2D eigenvalue weighted by molar-refractivity contribution is -0.174. The van der Waals surface area contributed by atoms with Crippen LogP contribution in [0.4, 0.5) is 0 Å². The van der Waals surface area contributed by atoms with Crippen LogP contribution >= 0.6 is 0 Å². The van der Waals surface area contributed by atoms with Crippen LogP contribution in [0.25, 0.3) is 0 Å². The third kappa shape index (κ3) is 2.38. The Kier molecular flexibility index (Phi) is 4.53. The Labute approximate surface area is 123 Å². The Morgan fingerprint density at radius 2 is 1.43 bits per heavy atom. The van der Waals surface area contributed by atoms with Crippen LogP contribution in [0, 0.1) is 0 Å². The molecule has 0 aliphatic heterocycles. The molecule has 0 saturated heterocycles. The van der Waals surface area contributed by atoms with Gasteiger partial charge in [0.1, 0.15) is 0 Å². The number of methoxy groups -OCH3 is 1. The fourth-order valence-corrected chi connectivity index (χ4v) is 2.66. The van der Waals surface area contributed by atoms with Crippen LogP contribution in [0.1, 0.15) is 11.1 Å². The second-order valence-corrected chi connectivity index (χ2v) is 4.82. The van der Waals surface area contributed by atoms with Gasteiger partial charge in [0.25, 0.3) is 0 Å². The minimum Gasteiger partial charge on any atom is -0.393 e. The number of carbonyl (C=O) groups excluding carboxylic acids is 1. The molecule has 2 aromatic carbocycles. The second kappa shape index (κ2) is 6.18. The van der Waals surface area contributed by atoms with Crippen molar-refractivity contribution < 1.29 is 19.7 Å². The first kappa shape index (κ1) is 15.4. The summed E-state index contributed by atoms with van der Waals surface area (Å²) < 4.78 is 5.62. The van der Waals surface area contributed by atoms with E-state index >= 15 is 0 Å². The van der Waals surface area contributed by atoms with Crippen molar-refractivity contribution in [2.45, 2.75) is 11.2 Å². The summed E-state index contributed by atoms with van der Waals surface area (Å²) in [5, 5.41) is 20.3. The van der Waals surface area contributed by atoms with Gasteiger partial charge >= 0.3 is 0 Å². The normalized spacial score (nSPS) is 14.4. The summed E-state index contributed by atoms with van der Waals surface area (Å²) in [6, 6.07) is 17.8. The SMILES string of the molecule is COC(c1ccccc1)(c1ccccc1)C(O)(C=O)CO. The van der Waals surface area contributed by atoms with E-state index in [0.717, 1.165) is 0 Å². The summed E-state index contributed by atoms with van der Waals surface area (Å²) in [7, 11) is 1.41. The molecule has 0 aliphatic carbocycles. The fraction of sp³-hybridized carbons (Fsp3) is 0.235. The highest BCUT2D eigenvalue weighted by Gasteiger charge is 2.53. The minimum atomic E-state index is -2.09. The van der Waals surface area contributed by atoms with E-state index in [4.69, 9.17) is 4.74 Å². The number of rotatable bonds is 6. The molecule has 0 aromatic heterocycles. The smallest absolute Gasteiger partial charge is 0.180 e. The largest absolute Gasteiger partial charge is 0.393 e. The third-order valence-corrected chi connectivity index (χ3v) is 3.71. The molecule has 4 nitrogen and oxygen atoms in total. The predicted molar refractivity (Wildman–Crippen MR) is 78.8 cm³/mol. The van der Waals surface area contributed by atoms with Crippen molar-refractivity contribution in [1.82, 2.24) is 0 Å². The molecule has 0 saturated carbocycles. The minimum absolute atomic E-state index is 0.330. The zero-order valence-corrected chi connectivity index (χ0v) is 11.8.